The fraction of sp³-hybridized carbons (Fsp3) is 0.606. The van der Waals surface area contributed by atoms with Crippen LogP contribution in [0.5, 0.6) is 5.88 Å². The van der Waals surface area contributed by atoms with Crippen LogP contribution in [0.25, 0.3) is 16.9 Å². The Morgan fingerprint density at radius 2 is 1.77 bits per heavy atom. The number of ether oxygens (including phenoxy) is 3. The first-order chi connectivity index (χ1) is 22.9. The van der Waals surface area contributed by atoms with E-state index in [-0.39, 0.29) is 40.6 Å². The largest absolute Gasteiger partial charge is 0.474 e. The van der Waals surface area contributed by atoms with Crippen LogP contribution in [-0.2, 0) is 25.2 Å². The maximum atomic E-state index is 14.2. The number of carbonyl (C=O) groups excluding carboxylic acids is 2. The highest BCUT2D eigenvalue weighted by molar-refractivity contribution is 7.95. The second-order valence-electron chi connectivity index (χ2n) is 13.3. The SMILES string of the molecule is C[S+](C)CC[C@H](NC(=O)OC(C)(C)C)C(=O)NC1CCC(Oc2cc(-n3c(C(F)F)nc4ccccc43)nc(N3CCOCC3)n2)CC1. The van der Waals surface area contributed by atoms with Gasteiger partial charge >= 0.3 is 6.09 Å². The molecule has 2 fully saturated rings. The zero-order valence-electron chi connectivity index (χ0n) is 28.2. The number of anilines is 1. The first kappa shape index (κ1) is 35.6. The van der Waals surface area contributed by atoms with E-state index < -0.39 is 30.0 Å². The molecule has 2 aromatic heterocycles. The van der Waals surface area contributed by atoms with Crippen molar-refractivity contribution in [2.24, 2.45) is 0 Å². The second-order valence-corrected chi connectivity index (χ2v) is 15.7. The Hall–Kier alpha value is -3.72. The molecule has 1 saturated heterocycles. The minimum absolute atomic E-state index is 0.0856. The molecule has 1 aliphatic carbocycles. The number of hydrogen-bond acceptors (Lipinski definition) is 9. The van der Waals surface area contributed by atoms with Crippen molar-refractivity contribution in [3.8, 4) is 11.7 Å². The average molecular weight is 691 g/mol. The number of halogens is 2. The molecule has 3 aromatic rings. The lowest BCUT2D eigenvalue weighted by Gasteiger charge is -2.31. The predicted molar refractivity (Wildman–Crippen MR) is 181 cm³/mol. The molecular formula is C33H46F2N7O5S+. The molecule has 5 rings (SSSR count). The van der Waals surface area contributed by atoms with Crippen molar-refractivity contribution in [3.05, 3.63) is 36.2 Å². The summed E-state index contributed by atoms with van der Waals surface area (Å²) in [5, 5.41) is 5.88. The lowest BCUT2D eigenvalue weighted by Crippen LogP contribution is -2.52. The normalized spacial score (nSPS) is 19.4. The van der Waals surface area contributed by atoms with E-state index in [4.69, 9.17) is 19.2 Å². The molecule has 1 aliphatic heterocycles. The van der Waals surface area contributed by atoms with Crippen molar-refractivity contribution >= 4 is 39.9 Å². The Morgan fingerprint density at radius 3 is 2.44 bits per heavy atom. The Bertz CT molecular complexity index is 1550. The third kappa shape index (κ3) is 9.46. The number of morpholine rings is 1. The number of hydrogen-bond donors (Lipinski definition) is 2. The van der Waals surface area contributed by atoms with Crippen molar-refractivity contribution in [2.75, 3.05) is 49.5 Å². The monoisotopic (exact) mass is 690 g/mol. The third-order valence-corrected chi connectivity index (χ3v) is 9.16. The number of fused-ring (bicyclic) bond motifs is 1. The molecule has 1 aromatic carbocycles. The van der Waals surface area contributed by atoms with Gasteiger partial charge in [-0.2, -0.15) is 9.97 Å². The zero-order chi connectivity index (χ0) is 34.4. The van der Waals surface area contributed by atoms with Crippen LogP contribution in [0.1, 0.15) is 65.1 Å². The van der Waals surface area contributed by atoms with Gasteiger partial charge in [0.1, 0.15) is 29.3 Å². The number of carbonyl (C=O) groups is 2. The van der Waals surface area contributed by atoms with Gasteiger partial charge in [0, 0.05) is 31.6 Å². The number of benzene rings is 1. The maximum Gasteiger partial charge on any atom is 0.408 e. The van der Waals surface area contributed by atoms with Gasteiger partial charge in [0.2, 0.25) is 17.7 Å². The van der Waals surface area contributed by atoms with E-state index >= 15 is 0 Å². The molecule has 0 unspecified atom stereocenters. The summed E-state index contributed by atoms with van der Waals surface area (Å²) in [5.74, 6) is 1.07. The number of amides is 2. The van der Waals surface area contributed by atoms with Gasteiger partial charge in [0.25, 0.3) is 6.43 Å². The molecule has 1 saturated carbocycles. The fourth-order valence-electron chi connectivity index (χ4n) is 5.78. The quantitative estimate of drug-likeness (QED) is 0.278. The van der Waals surface area contributed by atoms with Gasteiger partial charge in [-0.15, -0.1) is 0 Å². The molecule has 48 heavy (non-hydrogen) atoms. The van der Waals surface area contributed by atoms with Gasteiger partial charge in [-0.1, -0.05) is 12.1 Å². The summed E-state index contributed by atoms with van der Waals surface area (Å²) in [4.78, 5) is 41.3. The molecule has 0 spiro atoms. The van der Waals surface area contributed by atoms with Crippen molar-refractivity contribution in [1.82, 2.24) is 30.2 Å². The first-order valence-corrected chi connectivity index (χ1v) is 18.6. The Balaban J connectivity index is 1.29. The lowest BCUT2D eigenvalue weighted by atomic mass is 9.92. The molecule has 2 aliphatic rings. The van der Waals surface area contributed by atoms with E-state index in [1.54, 1.807) is 51.1 Å². The van der Waals surface area contributed by atoms with Crippen molar-refractivity contribution in [3.63, 3.8) is 0 Å². The van der Waals surface area contributed by atoms with Crippen LogP contribution in [0.2, 0.25) is 0 Å². The van der Waals surface area contributed by atoms with Crippen LogP contribution in [-0.4, -0.2) is 99.9 Å². The van der Waals surface area contributed by atoms with E-state index in [0.29, 0.717) is 75.4 Å². The van der Waals surface area contributed by atoms with E-state index in [0.717, 1.165) is 5.75 Å². The highest BCUT2D eigenvalue weighted by Gasteiger charge is 2.31. The third-order valence-electron chi connectivity index (χ3n) is 8.11. The van der Waals surface area contributed by atoms with Gasteiger partial charge in [-0.3, -0.25) is 9.36 Å². The minimum atomic E-state index is -2.82. The molecule has 2 N–H and O–H groups in total. The van der Waals surface area contributed by atoms with Crippen molar-refractivity contribution in [1.29, 1.82) is 0 Å². The molecule has 262 valence electrons. The van der Waals surface area contributed by atoms with Crippen LogP contribution < -0.4 is 20.3 Å². The standard InChI is InChI=1S/C33H45F2N7O5S/c1-33(2,3)47-32(44)38-24(14-19-48(4)5)30(43)36-21-10-12-22(13-11-21)46-27-20-26(39-31(40-27)41-15-17-45-18-16-41)42-25-9-7-6-8-23(25)37-29(42)28(34)35/h6-9,20-22,24,28H,10-19H2,1-5H3,(H-,36,38,43,44)/p+1/t21?,22?,24-/m0/s1. The smallest absolute Gasteiger partial charge is 0.408 e. The number of para-hydroxylation sites is 2. The minimum Gasteiger partial charge on any atom is -0.474 e. The summed E-state index contributed by atoms with van der Waals surface area (Å²) in [6.45, 7) is 7.46. The van der Waals surface area contributed by atoms with Crippen LogP contribution >= 0.6 is 0 Å². The van der Waals surface area contributed by atoms with E-state index in [1.807, 2.05) is 4.90 Å². The highest BCUT2D eigenvalue weighted by Crippen LogP contribution is 2.31. The van der Waals surface area contributed by atoms with E-state index in [1.165, 1.54) is 4.57 Å². The number of nitrogens with one attached hydrogen (secondary N) is 2. The zero-order valence-corrected chi connectivity index (χ0v) is 29.0. The molecule has 0 bridgehead atoms. The number of nitrogens with zero attached hydrogens (tertiary/aromatic N) is 5. The summed E-state index contributed by atoms with van der Waals surface area (Å²) >= 11 is 0. The number of imidazole rings is 1. The Kier molecular flexibility index (Phi) is 11.6. The summed E-state index contributed by atoms with van der Waals surface area (Å²) in [6, 6.07) is 7.76. The van der Waals surface area contributed by atoms with Gasteiger partial charge in [-0.25, -0.2) is 18.6 Å². The van der Waals surface area contributed by atoms with Crippen LogP contribution in [0, 0.1) is 0 Å². The summed E-state index contributed by atoms with van der Waals surface area (Å²) < 4.78 is 47.1. The number of alkyl halides is 2. The fourth-order valence-corrected chi connectivity index (χ4v) is 6.49. The Labute approximate surface area is 282 Å². The average Bonchev–Trinajstić information content (AvgIpc) is 3.43. The highest BCUT2D eigenvalue weighted by atomic mass is 32.2. The summed E-state index contributed by atoms with van der Waals surface area (Å²) in [6.07, 6.45) is 3.69. The lowest BCUT2D eigenvalue weighted by molar-refractivity contribution is -0.124. The maximum absolute atomic E-state index is 14.2. The number of aromatic nitrogens is 4. The number of rotatable bonds is 11. The van der Waals surface area contributed by atoms with E-state index in [9.17, 15) is 18.4 Å². The molecule has 3 heterocycles. The van der Waals surface area contributed by atoms with Gasteiger partial charge < -0.3 is 29.7 Å². The van der Waals surface area contributed by atoms with E-state index in [2.05, 4.69) is 33.1 Å². The van der Waals surface area contributed by atoms with Crippen LogP contribution in [0.4, 0.5) is 19.5 Å². The molecule has 0 radical (unpaired) electrons. The molecular weight excluding hydrogens is 644 g/mol. The van der Waals surface area contributed by atoms with Gasteiger partial charge in [0.15, 0.2) is 5.82 Å². The van der Waals surface area contributed by atoms with Gasteiger partial charge in [0.05, 0.1) is 36.8 Å². The topological polar surface area (TPSA) is 133 Å². The summed E-state index contributed by atoms with van der Waals surface area (Å²) in [5.41, 5.74) is 0.277. The molecule has 15 heteroatoms. The molecule has 12 nitrogen and oxygen atoms in total. The Morgan fingerprint density at radius 1 is 1.06 bits per heavy atom. The predicted octanol–water partition coefficient (Wildman–Crippen LogP) is 4.56. The summed E-state index contributed by atoms with van der Waals surface area (Å²) in [7, 11) is 0.106. The van der Waals surface area contributed by atoms with Crippen molar-refractivity contribution in [2.45, 2.75) is 83.1 Å². The van der Waals surface area contributed by atoms with Crippen LogP contribution in [0.15, 0.2) is 30.3 Å². The second kappa shape index (κ2) is 15.7. The van der Waals surface area contributed by atoms with Crippen LogP contribution in [0.3, 0.4) is 0 Å². The molecule has 2 amide bonds. The first-order valence-electron chi connectivity index (χ1n) is 16.3. The number of alkyl carbamates (subject to hydrolysis) is 1. The van der Waals surface area contributed by atoms with Crippen molar-refractivity contribution < 1.29 is 32.6 Å². The van der Waals surface area contributed by atoms with Gasteiger partial charge in [-0.05, 0) is 69.5 Å². The molecule has 1 atom stereocenters.